The molecular weight excluding hydrogens is 905 g/mol. The fraction of sp³-hybridized carbons (Fsp3) is 0.600. The van der Waals surface area contributed by atoms with Crippen LogP contribution in [-0.2, 0) is 26.2 Å². The van der Waals surface area contributed by atoms with Crippen LogP contribution in [0, 0.1) is 0 Å². The average Bonchev–Trinajstić information content (AvgIpc) is 3.40. The summed E-state index contributed by atoms with van der Waals surface area (Å²) >= 11 is 0. The van der Waals surface area contributed by atoms with Crippen LogP contribution < -0.4 is 0 Å². The van der Waals surface area contributed by atoms with Crippen LogP contribution in [0.2, 0.25) is 0 Å². The lowest BCUT2D eigenvalue weighted by Gasteiger charge is -2.33. The van der Waals surface area contributed by atoms with Crippen LogP contribution >= 0.6 is 0 Å². The molecule has 9 rings (SSSR count). The predicted molar refractivity (Wildman–Crippen MR) is 284 cm³/mol. The van der Waals surface area contributed by atoms with Crippen molar-refractivity contribution in [2.24, 2.45) is 0 Å². The number of hydrogen-bond acceptors (Lipinski definition) is 12. The lowest BCUT2D eigenvalue weighted by atomic mass is 9.75. The van der Waals surface area contributed by atoms with Gasteiger partial charge in [0, 0.05) is 94.4 Å². The van der Waals surface area contributed by atoms with Gasteiger partial charge in [-0.3, -0.25) is 19.6 Å². The van der Waals surface area contributed by atoms with Gasteiger partial charge in [-0.25, -0.2) is 0 Å². The zero-order valence-electron chi connectivity index (χ0n) is 43.8. The van der Waals surface area contributed by atoms with Crippen molar-refractivity contribution in [3.05, 3.63) is 91.0 Å². The molecule has 0 unspecified atom stereocenters. The molecule has 0 radical (unpaired) electrons. The molecule has 8 bridgehead atoms. The van der Waals surface area contributed by atoms with Gasteiger partial charge in [0.2, 0.25) is 0 Å². The number of fused-ring (bicyclic) bond motifs is 8. The number of nitrogens with zero attached hydrogens (tertiary/aromatic N) is 4. The van der Waals surface area contributed by atoms with Crippen LogP contribution in [0.4, 0.5) is 0 Å². The minimum absolute atomic E-state index is 0.0288. The van der Waals surface area contributed by atoms with E-state index < -0.39 is 23.7 Å². The van der Waals surface area contributed by atoms with E-state index in [2.05, 4.69) is 19.6 Å². The minimum Gasteiger partial charge on any atom is -0.507 e. The van der Waals surface area contributed by atoms with Crippen molar-refractivity contribution >= 4 is 0 Å². The molecule has 72 heavy (non-hydrogen) atoms. The maximum atomic E-state index is 12.8. The van der Waals surface area contributed by atoms with E-state index in [1.165, 1.54) is 0 Å². The second kappa shape index (κ2) is 22.7. The SMILES string of the molecule is CCC1c2cc(c(O)c(CN3CCCCC3)c2O)C(CC)c2cc(c(O)c(CN3CCCCC3)c2O)C(CC)c2cc(c(O)c(CN3CCCCC3)c2O)C(CC)c2cc1c(O)c(CN1CCCCC1)c2O. The van der Waals surface area contributed by atoms with E-state index in [-0.39, 0.29) is 46.0 Å². The van der Waals surface area contributed by atoms with Gasteiger partial charge >= 0.3 is 0 Å². The molecule has 4 saturated heterocycles. The number of phenols is 8. The van der Waals surface area contributed by atoms with Crippen LogP contribution in [0.1, 0.15) is 221 Å². The molecule has 4 aliphatic heterocycles. The molecule has 12 heteroatoms. The standard InChI is InChI=1S/C60H84N4O8/c1-5-37-41-29-43(55(67)49(53(41)65)33-61-21-13-9-14-22-61)38(6-2)45-31-47(59(71)51(57(45)69)35-63-25-17-11-18-26-63)40(8-4)48-32-46(58(70)52(60(48)72)36-64-27-19-12-20-28-64)39(7-3)44-30-42(37)54(66)50(56(44)68)34-62-23-15-10-16-24-62/h29-32,37-40,65-72H,5-28,33-36H2,1-4H3. The van der Waals surface area contributed by atoms with Crippen LogP contribution in [-0.4, -0.2) is 113 Å². The number of benzene rings is 4. The fourth-order valence-corrected chi connectivity index (χ4v) is 13.6. The van der Waals surface area contributed by atoms with Crippen LogP contribution in [0.3, 0.4) is 0 Å². The fourth-order valence-electron chi connectivity index (χ4n) is 13.6. The molecule has 0 saturated carbocycles. The number of likely N-dealkylation sites (tertiary alicyclic amines) is 4. The Balaban J connectivity index is 1.38. The summed E-state index contributed by atoms with van der Waals surface area (Å²) in [5, 5.41) is 102. The molecule has 5 aliphatic rings. The van der Waals surface area contributed by atoms with Crippen molar-refractivity contribution < 1.29 is 40.9 Å². The van der Waals surface area contributed by atoms with Gasteiger partial charge in [-0.05, 0) is 154 Å². The number of aromatic hydroxyl groups is 8. The largest absolute Gasteiger partial charge is 0.507 e. The minimum atomic E-state index is -0.603. The topological polar surface area (TPSA) is 175 Å². The molecule has 12 nitrogen and oxygen atoms in total. The summed E-state index contributed by atoms with van der Waals surface area (Å²) in [7, 11) is 0. The molecule has 4 fully saturated rings. The third-order valence-corrected chi connectivity index (χ3v) is 17.7. The first-order valence-corrected chi connectivity index (χ1v) is 28.1. The lowest BCUT2D eigenvalue weighted by molar-refractivity contribution is 0.215. The Labute approximate surface area is 428 Å². The second-order valence-electron chi connectivity index (χ2n) is 22.1. The molecular formula is C60H84N4O8. The third-order valence-electron chi connectivity index (χ3n) is 17.7. The number of rotatable bonds is 12. The van der Waals surface area contributed by atoms with Crippen molar-refractivity contribution in [1.82, 2.24) is 19.6 Å². The van der Waals surface area contributed by atoms with Gasteiger partial charge in [0.25, 0.3) is 0 Å². The number of piperidine rings is 4. The molecule has 0 atom stereocenters. The van der Waals surface area contributed by atoms with E-state index in [4.69, 9.17) is 0 Å². The van der Waals surface area contributed by atoms with Crippen LogP contribution in [0.15, 0.2) is 24.3 Å². The highest BCUT2D eigenvalue weighted by Gasteiger charge is 2.37. The quantitative estimate of drug-likeness (QED) is 0.0676. The Bertz CT molecular complexity index is 2090. The zero-order chi connectivity index (χ0) is 50.8. The first-order chi connectivity index (χ1) is 34.9. The number of hydrogen-bond donors (Lipinski definition) is 8. The molecule has 4 aromatic carbocycles. The Kier molecular flexibility index (Phi) is 16.4. The highest BCUT2D eigenvalue weighted by molar-refractivity contribution is 5.67. The van der Waals surface area contributed by atoms with Crippen molar-refractivity contribution in [1.29, 1.82) is 0 Å². The van der Waals surface area contributed by atoms with Gasteiger partial charge in [0.15, 0.2) is 0 Å². The molecule has 8 N–H and O–H groups in total. The molecule has 392 valence electrons. The van der Waals surface area contributed by atoms with Gasteiger partial charge in [-0.15, -0.1) is 0 Å². The van der Waals surface area contributed by atoms with E-state index in [9.17, 15) is 40.9 Å². The smallest absolute Gasteiger partial charge is 0.127 e. The van der Waals surface area contributed by atoms with E-state index in [1.54, 1.807) is 0 Å². The predicted octanol–water partition coefficient (Wildman–Crippen LogP) is 11.8. The van der Waals surface area contributed by atoms with E-state index >= 15 is 0 Å². The molecule has 1 aliphatic carbocycles. The summed E-state index contributed by atoms with van der Waals surface area (Å²) in [6.45, 7) is 16.0. The highest BCUT2D eigenvalue weighted by Crippen LogP contribution is 2.55. The van der Waals surface area contributed by atoms with Gasteiger partial charge in [-0.2, -0.15) is 0 Å². The summed E-state index contributed by atoms with van der Waals surface area (Å²) < 4.78 is 0. The zero-order valence-corrected chi connectivity index (χ0v) is 43.8. The average molecular weight is 989 g/mol. The normalized spacial score (nSPS) is 22.8. The Hall–Kier alpha value is -4.88. The van der Waals surface area contributed by atoms with E-state index in [0.717, 1.165) is 129 Å². The maximum Gasteiger partial charge on any atom is 0.127 e. The highest BCUT2D eigenvalue weighted by atomic mass is 16.3. The Morgan fingerprint density at radius 2 is 0.431 bits per heavy atom. The van der Waals surface area contributed by atoms with Gasteiger partial charge in [0.05, 0.1) is 22.3 Å². The maximum absolute atomic E-state index is 12.8. The van der Waals surface area contributed by atoms with Crippen molar-refractivity contribution in [3.8, 4) is 46.0 Å². The molecule has 0 spiro atoms. The first kappa shape index (κ1) is 52.0. The summed E-state index contributed by atoms with van der Waals surface area (Å²) in [5.74, 6) is -2.64. The molecule has 0 amide bonds. The molecule has 4 aromatic rings. The second-order valence-corrected chi connectivity index (χ2v) is 22.1. The van der Waals surface area contributed by atoms with Crippen LogP contribution in [0.5, 0.6) is 46.0 Å². The number of phenolic OH excluding ortho intramolecular Hbond substituents is 8. The van der Waals surface area contributed by atoms with Gasteiger partial charge in [0.1, 0.15) is 46.0 Å². The van der Waals surface area contributed by atoms with Gasteiger partial charge in [-0.1, -0.05) is 53.4 Å². The van der Waals surface area contributed by atoms with Gasteiger partial charge < -0.3 is 40.9 Å². The summed E-state index contributed by atoms with van der Waals surface area (Å²) in [4.78, 5) is 9.12. The molecule has 4 heterocycles. The van der Waals surface area contributed by atoms with Crippen LogP contribution in [0.25, 0.3) is 0 Å². The van der Waals surface area contributed by atoms with Crippen molar-refractivity contribution in [2.75, 3.05) is 52.4 Å². The lowest BCUT2D eigenvalue weighted by Crippen LogP contribution is -2.29. The van der Waals surface area contributed by atoms with Crippen molar-refractivity contribution in [3.63, 3.8) is 0 Å². The molecule has 0 aromatic heterocycles. The van der Waals surface area contributed by atoms with E-state index in [0.29, 0.717) is 119 Å². The van der Waals surface area contributed by atoms with E-state index in [1.807, 2.05) is 52.0 Å². The Morgan fingerprint density at radius 3 is 0.569 bits per heavy atom. The monoisotopic (exact) mass is 989 g/mol. The summed E-state index contributed by atoms with van der Waals surface area (Å²) in [6, 6.07) is 7.53. The van der Waals surface area contributed by atoms with Crippen molar-refractivity contribution in [2.45, 2.75) is 180 Å². The first-order valence-electron chi connectivity index (χ1n) is 28.1. The summed E-state index contributed by atoms with van der Waals surface area (Å²) in [5.41, 5.74) is 5.99. The third kappa shape index (κ3) is 10.1. The summed E-state index contributed by atoms with van der Waals surface area (Å²) in [6.07, 6.45) is 14.4. The Morgan fingerprint density at radius 1 is 0.278 bits per heavy atom.